The zero-order chi connectivity index (χ0) is 21.2. The quantitative estimate of drug-likeness (QED) is 0.417. The molecule has 7 heteroatoms. The number of rotatable bonds is 7. The van der Waals surface area contributed by atoms with Crippen molar-refractivity contribution in [3.8, 4) is 0 Å². The number of hydrogen-bond donors (Lipinski definition) is 1. The van der Waals surface area contributed by atoms with Crippen molar-refractivity contribution in [2.45, 2.75) is 46.6 Å². The Labute approximate surface area is 156 Å². The molecule has 0 radical (unpaired) electrons. The number of carbonyl (C=O) groups excluding carboxylic acids is 3. The van der Waals surface area contributed by atoms with Gasteiger partial charge >= 0.3 is 17.9 Å². The van der Waals surface area contributed by atoms with Crippen LogP contribution >= 0.6 is 0 Å². The Hall–Kier alpha value is -2.41. The van der Waals surface area contributed by atoms with Crippen LogP contribution in [0.1, 0.15) is 41.0 Å². The van der Waals surface area contributed by atoms with Gasteiger partial charge in [0, 0.05) is 17.7 Å². The fraction of sp³-hybridized carbons (Fsp3) is 0.526. The van der Waals surface area contributed by atoms with Gasteiger partial charge < -0.3 is 19.3 Å². The minimum Gasteiger partial charge on any atom is -0.463 e. The summed E-state index contributed by atoms with van der Waals surface area (Å²) in [4.78, 5) is 31.2. The summed E-state index contributed by atoms with van der Waals surface area (Å²) in [6.07, 6.45) is 3.18. The normalized spacial score (nSPS) is 9.15. The first-order valence-electron chi connectivity index (χ1n) is 8.03. The lowest BCUT2D eigenvalue weighted by Crippen LogP contribution is -2.22. The standard InChI is InChI=1S/C7H12O2.C6H10O3.C6H10O2/c1-5-6(8)9-7(2,3)4;1-5(2)6(8)9-4-3-7;1-3-5-8-6(7)4-2/h5H,1H2,2-4H3;7H,1,3-4H2,2H3;4H,2-3,5H2,1H3. The molecule has 26 heavy (non-hydrogen) atoms. The van der Waals surface area contributed by atoms with E-state index < -0.39 is 11.6 Å². The van der Waals surface area contributed by atoms with Crippen LogP contribution < -0.4 is 0 Å². The first-order chi connectivity index (χ1) is 11.9. The van der Waals surface area contributed by atoms with Crippen molar-refractivity contribution < 1.29 is 33.7 Å². The molecule has 0 heterocycles. The summed E-state index contributed by atoms with van der Waals surface area (Å²) >= 11 is 0. The highest BCUT2D eigenvalue weighted by Crippen LogP contribution is 2.06. The van der Waals surface area contributed by atoms with Gasteiger partial charge in [-0.1, -0.05) is 26.7 Å². The topological polar surface area (TPSA) is 99.1 Å². The zero-order valence-corrected chi connectivity index (χ0v) is 16.5. The molecule has 0 saturated heterocycles. The van der Waals surface area contributed by atoms with E-state index in [1.54, 1.807) is 6.92 Å². The van der Waals surface area contributed by atoms with E-state index in [1.807, 2.05) is 27.7 Å². The molecule has 0 aliphatic carbocycles. The summed E-state index contributed by atoms with van der Waals surface area (Å²) in [5.74, 6) is -1.17. The van der Waals surface area contributed by atoms with Gasteiger partial charge in [0.15, 0.2) is 0 Å². The molecule has 0 fully saturated rings. The first kappa shape index (κ1) is 28.4. The molecule has 1 N–H and O–H groups in total. The van der Waals surface area contributed by atoms with Crippen molar-refractivity contribution in [2.75, 3.05) is 19.8 Å². The van der Waals surface area contributed by atoms with E-state index >= 15 is 0 Å². The molecule has 0 spiro atoms. The Bertz CT molecular complexity index is 459. The number of carbonyl (C=O) groups is 3. The van der Waals surface area contributed by atoms with Crippen LogP contribution in [0.5, 0.6) is 0 Å². The smallest absolute Gasteiger partial charge is 0.333 e. The first-order valence-corrected chi connectivity index (χ1v) is 8.03. The third-order valence-corrected chi connectivity index (χ3v) is 1.86. The van der Waals surface area contributed by atoms with E-state index in [0.717, 1.165) is 18.6 Å². The lowest BCUT2D eigenvalue weighted by atomic mass is 10.2. The van der Waals surface area contributed by atoms with Crippen LogP contribution in [-0.4, -0.2) is 48.4 Å². The third kappa shape index (κ3) is 26.5. The number of aliphatic hydroxyl groups is 1. The van der Waals surface area contributed by atoms with Crippen LogP contribution in [0.3, 0.4) is 0 Å². The average molecular weight is 372 g/mol. The number of esters is 3. The van der Waals surface area contributed by atoms with Gasteiger partial charge in [-0.3, -0.25) is 0 Å². The Morgan fingerprint density at radius 2 is 1.50 bits per heavy atom. The largest absolute Gasteiger partial charge is 0.463 e. The lowest BCUT2D eigenvalue weighted by molar-refractivity contribution is -0.148. The fourth-order valence-corrected chi connectivity index (χ4v) is 0.867. The number of aliphatic hydroxyl groups excluding tert-OH is 1. The maximum atomic E-state index is 10.5. The monoisotopic (exact) mass is 372 g/mol. The van der Waals surface area contributed by atoms with Crippen molar-refractivity contribution in [3.63, 3.8) is 0 Å². The zero-order valence-electron chi connectivity index (χ0n) is 16.5. The van der Waals surface area contributed by atoms with E-state index in [9.17, 15) is 14.4 Å². The number of ether oxygens (including phenoxy) is 3. The molecule has 7 nitrogen and oxygen atoms in total. The molecule has 0 bridgehead atoms. The Morgan fingerprint density at radius 1 is 1.00 bits per heavy atom. The van der Waals surface area contributed by atoms with E-state index in [1.165, 1.54) is 0 Å². The van der Waals surface area contributed by atoms with E-state index in [-0.39, 0.29) is 25.2 Å². The van der Waals surface area contributed by atoms with Gasteiger partial charge in [0.2, 0.25) is 0 Å². The Kier molecular flexibility index (Phi) is 19.0. The highest BCUT2D eigenvalue weighted by Gasteiger charge is 2.12. The second-order valence-corrected chi connectivity index (χ2v) is 5.75. The van der Waals surface area contributed by atoms with E-state index in [4.69, 9.17) is 9.84 Å². The molecule has 0 aromatic heterocycles. The Morgan fingerprint density at radius 3 is 1.77 bits per heavy atom. The van der Waals surface area contributed by atoms with Crippen LogP contribution in [0.25, 0.3) is 0 Å². The van der Waals surface area contributed by atoms with Gasteiger partial charge in [0.1, 0.15) is 12.2 Å². The molecule has 0 saturated carbocycles. The molecule has 150 valence electrons. The maximum absolute atomic E-state index is 10.5. The lowest BCUT2D eigenvalue weighted by Gasteiger charge is -2.17. The van der Waals surface area contributed by atoms with Crippen LogP contribution in [0, 0.1) is 0 Å². The summed E-state index contributed by atoms with van der Waals surface area (Å²) in [6.45, 7) is 19.2. The highest BCUT2D eigenvalue weighted by atomic mass is 16.6. The van der Waals surface area contributed by atoms with Crippen molar-refractivity contribution in [1.29, 1.82) is 0 Å². The maximum Gasteiger partial charge on any atom is 0.333 e. The van der Waals surface area contributed by atoms with Gasteiger partial charge in [0.25, 0.3) is 0 Å². The summed E-state index contributed by atoms with van der Waals surface area (Å²) in [5.41, 5.74) is -0.0471. The summed E-state index contributed by atoms with van der Waals surface area (Å²) in [6, 6.07) is 0. The third-order valence-electron chi connectivity index (χ3n) is 1.86. The van der Waals surface area contributed by atoms with Crippen LogP contribution in [0.15, 0.2) is 37.5 Å². The molecule has 0 aromatic carbocycles. The molecule has 0 atom stereocenters. The summed E-state index contributed by atoms with van der Waals surface area (Å²) < 4.78 is 13.9. The molecule has 0 aliphatic rings. The predicted molar refractivity (Wildman–Crippen MR) is 100 cm³/mol. The molecule has 0 unspecified atom stereocenters. The second-order valence-electron chi connectivity index (χ2n) is 5.75. The van der Waals surface area contributed by atoms with Gasteiger partial charge in [-0.2, -0.15) is 0 Å². The van der Waals surface area contributed by atoms with Gasteiger partial charge in [0.05, 0.1) is 13.2 Å². The summed E-state index contributed by atoms with van der Waals surface area (Å²) in [5, 5.41) is 8.19. The molecular weight excluding hydrogens is 340 g/mol. The molecule has 0 rings (SSSR count). The average Bonchev–Trinajstić information content (AvgIpc) is 2.56. The van der Waals surface area contributed by atoms with Crippen molar-refractivity contribution in [2.24, 2.45) is 0 Å². The minimum atomic E-state index is -0.455. The Balaban J connectivity index is -0.000000306. The van der Waals surface area contributed by atoms with Gasteiger partial charge in [-0.25, -0.2) is 14.4 Å². The van der Waals surface area contributed by atoms with Crippen LogP contribution in [0.4, 0.5) is 0 Å². The van der Waals surface area contributed by atoms with E-state index in [0.29, 0.717) is 12.2 Å². The SMILES string of the molecule is C=C(C)C(=O)OCCO.C=CC(=O)OC(C)(C)C.C=CC(=O)OCCC. The minimum absolute atomic E-state index is 0.0473. The molecule has 0 amide bonds. The fourth-order valence-electron chi connectivity index (χ4n) is 0.867. The van der Waals surface area contributed by atoms with Gasteiger partial charge in [-0.05, 0) is 34.1 Å². The van der Waals surface area contributed by atoms with E-state index in [2.05, 4.69) is 29.2 Å². The second kappa shape index (κ2) is 17.4. The van der Waals surface area contributed by atoms with Gasteiger partial charge in [-0.15, -0.1) is 0 Å². The number of hydrogen-bond acceptors (Lipinski definition) is 7. The van der Waals surface area contributed by atoms with Crippen molar-refractivity contribution >= 4 is 17.9 Å². The van der Waals surface area contributed by atoms with Crippen LogP contribution in [0.2, 0.25) is 0 Å². The van der Waals surface area contributed by atoms with Crippen LogP contribution in [-0.2, 0) is 28.6 Å². The predicted octanol–water partition coefficient (Wildman–Crippen LogP) is 2.74. The molecular formula is C19H32O7. The molecule has 0 aliphatic heterocycles. The summed E-state index contributed by atoms with van der Waals surface area (Å²) in [7, 11) is 0. The van der Waals surface area contributed by atoms with Crippen molar-refractivity contribution in [3.05, 3.63) is 37.5 Å². The van der Waals surface area contributed by atoms with Crippen molar-refractivity contribution in [1.82, 2.24) is 0 Å². The molecule has 0 aromatic rings. The highest BCUT2D eigenvalue weighted by molar-refractivity contribution is 5.86.